The van der Waals surface area contributed by atoms with Gasteiger partial charge in [0.25, 0.3) is 0 Å². The summed E-state index contributed by atoms with van der Waals surface area (Å²) in [6.45, 7) is 2.11. The maximum absolute atomic E-state index is 11.5. The van der Waals surface area contributed by atoms with Gasteiger partial charge < -0.3 is 9.30 Å². The fourth-order valence-electron chi connectivity index (χ4n) is 1.40. The average molecular weight is 205 g/mol. The second kappa shape index (κ2) is 3.68. The van der Waals surface area contributed by atoms with Crippen molar-refractivity contribution < 1.29 is 9.53 Å². The Morgan fingerprint density at radius 1 is 1.60 bits per heavy atom. The molecule has 2 rings (SSSR count). The molecule has 5 nitrogen and oxygen atoms in total. The van der Waals surface area contributed by atoms with Crippen LogP contribution in [0, 0.1) is 0 Å². The molecule has 78 valence electrons. The molecule has 0 fully saturated rings. The molecule has 0 spiro atoms. The lowest BCUT2D eigenvalue weighted by Gasteiger charge is -2.00. The maximum atomic E-state index is 11.5. The number of ether oxygens (including phenoxy) is 1. The zero-order chi connectivity index (χ0) is 10.8. The van der Waals surface area contributed by atoms with Gasteiger partial charge in [-0.15, -0.1) is 0 Å². The summed E-state index contributed by atoms with van der Waals surface area (Å²) in [5.74, 6) is -0.136. The smallest absolute Gasteiger partial charge is 0.374 e. The van der Waals surface area contributed by atoms with Crippen molar-refractivity contribution in [3.05, 3.63) is 24.2 Å². The van der Waals surface area contributed by atoms with Gasteiger partial charge in [0, 0.05) is 13.2 Å². The summed E-state index contributed by atoms with van der Waals surface area (Å²) < 4.78 is 6.52. The Balaban J connectivity index is 2.53. The van der Waals surface area contributed by atoms with Gasteiger partial charge in [-0.1, -0.05) is 0 Å². The minimum absolute atomic E-state index is 0.283. The number of aromatic nitrogens is 3. The van der Waals surface area contributed by atoms with Crippen LogP contribution in [0.2, 0.25) is 0 Å². The molecule has 15 heavy (non-hydrogen) atoms. The number of pyridine rings is 1. The summed E-state index contributed by atoms with van der Waals surface area (Å²) in [4.78, 5) is 19.8. The molecule has 0 saturated carbocycles. The van der Waals surface area contributed by atoms with Crippen molar-refractivity contribution in [2.24, 2.45) is 7.05 Å². The highest BCUT2D eigenvalue weighted by molar-refractivity contribution is 5.89. The number of hydrogen-bond acceptors (Lipinski definition) is 4. The van der Waals surface area contributed by atoms with Crippen LogP contribution < -0.4 is 0 Å². The van der Waals surface area contributed by atoms with E-state index in [1.807, 2.05) is 6.07 Å². The monoisotopic (exact) mass is 205 g/mol. The van der Waals surface area contributed by atoms with Crippen molar-refractivity contribution in [2.45, 2.75) is 6.92 Å². The third kappa shape index (κ3) is 1.56. The lowest BCUT2D eigenvalue weighted by atomic mass is 10.4. The van der Waals surface area contributed by atoms with Gasteiger partial charge in [0.15, 0.2) is 5.65 Å². The van der Waals surface area contributed by atoms with Gasteiger partial charge in [-0.05, 0) is 19.1 Å². The molecule has 0 atom stereocenters. The molecule has 0 N–H and O–H groups in total. The van der Waals surface area contributed by atoms with E-state index in [0.29, 0.717) is 17.8 Å². The number of esters is 1. The third-order valence-electron chi connectivity index (χ3n) is 2.09. The summed E-state index contributed by atoms with van der Waals surface area (Å²) in [6.07, 6.45) is 1.67. The first-order valence-corrected chi connectivity index (χ1v) is 4.68. The number of aryl methyl sites for hydroxylation is 1. The number of nitrogens with zero attached hydrogens (tertiary/aromatic N) is 3. The predicted octanol–water partition coefficient (Wildman–Crippen LogP) is 1.14. The molecular weight excluding hydrogens is 194 g/mol. The van der Waals surface area contributed by atoms with E-state index >= 15 is 0 Å². The minimum atomic E-state index is -0.419. The summed E-state index contributed by atoms with van der Waals surface area (Å²) in [6, 6.07) is 3.59. The van der Waals surface area contributed by atoms with Crippen LogP contribution in [-0.4, -0.2) is 27.1 Å². The lowest BCUT2D eigenvalue weighted by molar-refractivity contribution is 0.0508. The number of rotatable bonds is 2. The Labute approximate surface area is 86.7 Å². The van der Waals surface area contributed by atoms with Crippen LogP contribution in [-0.2, 0) is 11.8 Å². The van der Waals surface area contributed by atoms with E-state index in [-0.39, 0.29) is 5.82 Å². The summed E-state index contributed by atoms with van der Waals surface area (Å²) >= 11 is 0. The highest BCUT2D eigenvalue weighted by Crippen LogP contribution is 2.11. The van der Waals surface area contributed by atoms with Crippen molar-refractivity contribution in [3.63, 3.8) is 0 Å². The molecule has 0 aliphatic rings. The molecule has 0 radical (unpaired) electrons. The molecule has 0 unspecified atom stereocenters. The number of carbonyl (C=O) groups is 1. The van der Waals surface area contributed by atoms with Crippen LogP contribution in [0.3, 0.4) is 0 Å². The van der Waals surface area contributed by atoms with Crippen LogP contribution in [0.1, 0.15) is 17.5 Å². The largest absolute Gasteiger partial charge is 0.460 e. The SMILES string of the molecule is CCOC(=O)c1nc2cccnc2n1C. The van der Waals surface area contributed by atoms with Crippen LogP contribution in [0.4, 0.5) is 0 Å². The topological polar surface area (TPSA) is 57.0 Å². The van der Waals surface area contributed by atoms with Gasteiger partial charge in [0.05, 0.1) is 6.61 Å². The molecule has 2 aromatic rings. The molecule has 0 bridgehead atoms. The van der Waals surface area contributed by atoms with Crippen LogP contribution in [0.25, 0.3) is 11.2 Å². The van der Waals surface area contributed by atoms with Crippen molar-refractivity contribution in [1.29, 1.82) is 0 Å². The molecule has 2 heterocycles. The lowest BCUT2D eigenvalue weighted by Crippen LogP contribution is -2.11. The zero-order valence-electron chi connectivity index (χ0n) is 8.60. The molecule has 0 saturated heterocycles. The van der Waals surface area contributed by atoms with E-state index in [0.717, 1.165) is 0 Å². The summed E-state index contributed by atoms with van der Waals surface area (Å²) in [5.41, 5.74) is 1.38. The fraction of sp³-hybridized carbons (Fsp3) is 0.300. The van der Waals surface area contributed by atoms with Gasteiger partial charge in [-0.2, -0.15) is 0 Å². The highest BCUT2D eigenvalue weighted by atomic mass is 16.5. The molecule has 0 aliphatic heterocycles. The van der Waals surface area contributed by atoms with Gasteiger partial charge in [0.2, 0.25) is 5.82 Å². The maximum Gasteiger partial charge on any atom is 0.374 e. The molecule has 0 aliphatic carbocycles. The van der Waals surface area contributed by atoms with E-state index in [2.05, 4.69) is 9.97 Å². The summed E-state index contributed by atoms with van der Waals surface area (Å²) in [7, 11) is 1.74. The Hall–Kier alpha value is -1.91. The molecular formula is C10H11N3O2. The molecule has 0 aromatic carbocycles. The predicted molar refractivity (Wildman–Crippen MR) is 54.5 cm³/mol. The van der Waals surface area contributed by atoms with Crippen LogP contribution in [0.15, 0.2) is 18.3 Å². The molecule has 0 amide bonds. The van der Waals surface area contributed by atoms with Gasteiger partial charge >= 0.3 is 5.97 Å². The first-order valence-electron chi connectivity index (χ1n) is 4.68. The Morgan fingerprint density at radius 3 is 3.07 bits per heavy atom. The van der Waals surface area contributed by atoms with E-state index in [9.17, 15) is 4.79 Å². The standard InChI is InChI=1S/C10H11N3O2/c1-3-15-10(14)9-12-7-5-4-6-11-8(7)13(9)2/h4-6H,3H2,1-2H3. The molecule has 2 aromatic heterocycles. The van der Waals surface area contributed by atoms with E-state index < -0.39 is 5.97 Å². The number of fused-ring (bicyclic) bond motifs is 1. The zero-order valence-corrected chi connectivity index (χ0v) is 8.60. The first kappa shape index (κ1) is 9.64. The fourth-order valence-corrected chi connectivity index (χ4v) is 1.40. The van der Waals surface area contributed by atoms with Crippen molar-refractivity contribution in [2.75, 3.05) is 6.61 Å². The van der Waals surface area contributed by atoms with E-state index in [4.69, 9.17) is 4.74 Å². The van der Waals surface area contributed by atoms with Crippen molar-refractivity contribution in [3.8, 4) is 0 Å². The second-order valence-corrected chi connectivity index (χ2v) is 3.06. The highest BCUT2D eigenvalue weighted by Gasteiger charge is 2.16. The number of carbonyl (C=O) groups excluding carboxylic acids is 1. The Kier molecular flexibility index (Phi) is 2.37. The average Bonchev–Trinajstić information content (AvgIpc) is 2.57. The second-order valence-electron chi connectivity index (χ2n) is 3.06. The Morgan fingerprint density at radius 2 is 2.40 bits per heavy atom. The summed E-state index contributed by atoms with van der Waals surface area (Å²) in [5, 5.41) is 0. The van der Waals surface area contributed by atoms with Crippen LogP contribution in [0.5, 0.6) is 0 Å². The third-order valence-corrected chi connectivity index (χ3v) is 2.09. The number of imidazole rings is 1. The first-order chi connectivity index (χ1) is 7.24. The van der Waals surface area contributed by atoms with Gasteiger partial charge in [0.1, 0.15) is 5.52 Å². The van der Waals surface area contributed by atoms with Gasteiger partial charge in [-0.3, -0.25) is 0 Å². The van der Waals surface area contributed by atoms with E-state index in [1.165, 1.54) is 0 Å². The van der Waals surface area contributed by atoms with Crippen LogP contribution >= 0.6 is 0 Å². The van der Waals surface area contributed by atoms with Gasteiger partial charge in [-0.25, -0.2) is 14.8 Å². The minimum Gasteiger partial charge on any atom is -0.460 e. The Bertz CT molecular complexity index is 504. The normalized spacial score (nSPS) is 10.5. The van der Waals surface area contributed by atoms with Crippen molar-refractivity contribution in [1.82, 2.24) is 14.5 Å². The molecule has 5 heteroatoms. The van der Waals surface area contributed by atoms with Crippen molar-refractivity contribution >= 4 is 17.1 Å². The number of hydrogen-bond donors (Lipinski definition) is 0. The van der Waals surface area contributed by atoms with E-state index in [1.54, 1.807) is 30.8 Å². The quantitative estimate of drug-likeness (QED) is 0.690.